The van der Waals surface area contributed by atoms with Crippen LogP contribution in [0.15, 0.2) is 68.1 Å². The summed E-state index contributed by atoms with van der Waals surface area (Å²) in [4.78, 5) is -0.381. The van der Waals surface area contributed by atoms with Crippen LogP contribution in [0.3, 0.4) is 0 Å². The van der Waals surface area contributed by atoms with Gasteiger partial charge in [0.25, 0.3) is 0 Å². The zero-order chi connectivity index (χ0) is 24.0. The molecule has 0 fully saturated rings. The molecule has 0 heterocycles. The fourth-order valence-electron chi connectivity index (χ4n) is 3.90. The minimum Gasteiger partial charge on any atom is -0.507 e. The molecule has 32 heavy (non-hydrogen) atoms. The van der Waals surface area contributed by atoms with Crippen molar-refractivity contribution in [2.24, 2.45) is 0 Å². The Morgan fingerprint density at radius 1 is 0.625 bits per heavy atom. The first-order valence-electron chi connectivity index (χ1n) is 10.3. The summed E-state index contributed by atoms with van der Waals surface area (Å²) in [6.45, 7) is 10.7. The van der Waals surface area contributed by atoms with Crippen molar-refractivity contribution in [2.45, 2.75) is 67.0 Å². The van der Waals surface area contributed by atoms with Crippen molar-refractivity contribution in [2.75, 3.05) is 0 Å². The van der Waals surface area contributed by atoms with E-state index in [0.717, 1.165) is 17.2 Å². The predicted molar refractivity (Wildman–Crippen MR) is 125 cm³/mol. The highest BCUT2D eigenvalue weighted by Gasteiger charge is 2.31. The second-order valence-corrected chi connectivity index (χ2v) is 12.3. The summed E-state index contributed by atoms with van der Waals surface area (Å²) in [5.41, 5.74) is 3.29. The Morgan fingerprint density at radius 2 is 1.06 bits per heavy atom. The Hall–Kier alpha value is -2.64. The normalized spacial score (nSPS) is 12.3. The van der Waals surface area contributed by atoms with Crippen LogP contribution in [0.2, 0.25) is 0 Å². The minimum absolute atomic E-state index is 0.0329. The van der Waals surface area contributed by atoms with E-state index in [1.807, 2.05) is 13.8 Å². The van der Waals surface area contributed by atoms with Gasteiger partial charge in [0.05, 0.1) is 14.7 Å². The molecule has 0 aliphatic heterocycles. The number of hydrogen-bond acceptors (Lipinski definition) is 5. The van der Waals surface area contributed by atoms with E-state index in [1.54, 1.807) is 52.0 Å². The third kappa shape index (κ3) is 4.19. The molecule has 1 N–H and O–H groups in total. The lowest BCUT2D eigenvalue weighted by Gasteiger charge is -2.18. The van der Waals surface area contributed by atoms with E-state index >= 15 is 0 Å². The molecule has 3 aromatic carbocycles. The van der Waals surface area contributed by atoms with Crippen molar-refractivity contribution >= 4 is 19.7 Å². The van der Waals surface area contributed by atoms with Crippen LogP contribution in [0.1, 0.15) is 47.6 Å². The Labute approximate surface area is 190 Å². The second-order valence-electron chi connectivity index (χ2n) is 8.56. The van der Waals surface area contributed by atoms with E-state index in [2.05, 4.69) is 0 Å². The Kier molecular flexibility index (Phi) is 6.28. The molecular weight excluding hydrogens is 444 g/mol. The summed E-state index contributed by atoms with van der Waals surface area (Å²) in [6.07, 6.45) is 0. The summed E-state index contributed by atoms with van der Waals surface area (Å²) >= 11 is 0. The first-order chi connectivity index (χ1) is 14.8. The quantitative estimate of drug-likeness (QED) is 0.536. The molecule has 0 amide bonds. The van der Waals surface area contributed by atoms with E-state index in [4.69, 9.17) is 0 Å². The smallest absolute Gasteiger partial charge is 0.210 e. The summed E-state index contributed by atoms with van der Waals surface area (Å²) in [7, 11) is -8.19. The lowest BCUT2D eigenvalue weighted by atomic mass is 10.0. The van der Waals surface area contributed by atoms with Gasteiger partial charge in [-0.2, -0.15) is 0 Å². The fourth-order valence-corrected chi connectivity index (χ4v) is 7.40. The lowest BCUT2D eigenvalue weighted by molar-refractivity contribution is 0.456. The monoisotopic (exact) mass is 472 g/mol. The van der Waals surface area contributed by atoms with Gasteiger partial charge in [-0.15, -0.1) is 0 Å². The Balaban J connectivity index is 2.34. The molecule has 5 nitrogen and oxygen atoms in total. The molecule has 0 unspecified atom stereocenters. The molecular formula is C25H28O5S2. The van der Waals surface area contributed by atoms with Gasteiger partial charge in [0.1, 0.15) is 10.6 Å². The lowest BCUT2D eigenvalue weighted by Crippen LogP contribution is -2.12. The topological polar surface area (TPSA) is 88.5 Å². The summed E-state index contributed by atoms with van der Waals surface area (Å²) in [6, 6.07) is 12.3. The summed E-state index contributed by atoms with van der Waals surface area (Å²) < 4.78 is 54.2. The highest BCUT2D eigenvalue weighted by Crippen LogP contribution is 2.39. The van der Waals surface area contributed by atoms with E-state index in [0.29, 0.717) is 16.7 Å². The van der Waals surface area contributed by atoms with Crippen molar-refractivity contribution in [1.82, 2.24) is 0 Å². The summed E-state index contributed by atoms with van der Waals surface area (Å²) in [5, 5.41) is 10.7. The number of rotatable bonds is 5. The van der Waals surface area contributed by atoms with Gasteiger partial charge < -0.3 is 5.11 Å². The maximum Gasteiger partial charge on any atom is 0.210 e. The molecule has 3 aromatic rings. The Bertz CT molecular complexity index is 1420. The van der Waals surface area contributed by atoms with Gasteiger partial charge in [-0.3, -0.25) is 0 Å². The van der Waals surface area contributed by atoms with Crippen LogP contribution >= 0.6 is 0 Å². The molecule has 0 atom stereocenters. The number of phenolic OH excluding ortho intramolecular Hbond substituents is 1. The molecule has 3 rings (SSSR count). The molecule has 0 spiro atoms. The SMILES string of the molecule is Cc1ccc(S(=O)(=O)c2cc(S(=O)(=O)c3ccc(C)cc3C)c(C(C)C)cc2O)c(C)c1. The highest BCUT2D eigenvalue weighted by molar-refractivity contribution is 7.92. The van der Waals surface area contributed by atoms with E-state index in [1.165, 1.54) is 18.2 Å². The molecule has 0 aliphatic carbocycles. The Morgan fingerprint density at radius 3 is 1.47 bits per heavy atom. The van der Waals surface area contributed by atoms with Gasteiger partial charge in [0, 0.05) is 0 Å². The molecule has 7 heteroatoms. The van der Waals surface area contributed by atoms with Crippen molar-refractivity contribution in [3.63, 3.8) is 0 Å². The highest BCUT2D eigenvalue weighted by atomic mass is 32.2. The number of benzene rings is 3. The summed E-state index contributed by atoms with van der Waals surface area (Å²) in [5.74, 6) is -0.720. The first-order valence-corrected chi connectivity index (χ1v) is 13.2. The van der Waals surface area contributed by atoms with E-state index < -0.39 is 30.3 Å². The van der Waals surface area contributed by atoms with Crippen molar-refractivity contribution < 1.29 is 21.9 Å². The maximum atomic E-state index is 13.7. The number of hydrogen-bond donors (Lipinski definition) is 1. The number of sulfone groups is 2. The van der Waals surface area contributed by atoms with Gasteiger partial charge in [0.2, 0.25) is 19.7 Å². The van der Waals surface area contributed by atoms with Crippen LogP contribution in [0.5, 0.6) is 5.75 Å². The zero-order valence-corrected chi connectivity index (χ0v) is 20.7. The van der Waals surface area contributed by atoms with Crippen LogP contribution < -0.4 is 0 Å². The van der Waals surface area contributed by atoms with E-state index in [-0.39, 0.29) is 20.6 Å². The molecule has 0 saturated heterocycles. The number of aromatic hydroxyl groups is 1. The first kappa shape index (κ1) is 24.0. The standard InChI is InChI=1S/C25H28O5S2/c1-15(2)20-13-21(26)25(32(29,30)23-10-8-17(4)12-19(23)6)14-24(20)31(27,28)22-9-7-16(3)11-18(22)5/h7-15,26H,1-6H3. The van der Waals surface area contributed by atoms with Crippen LogP contribution in [0, 0.1) is 27.7 Å². The van der Waals surface area contributed by atoms with Crippen LogP contribution in [0.25, 0.3) is 0 Å². The van der Waals surface area contributed by atoms with Crippen LogP contribution in [0.4, 0.5) is 0 Å². The molecule has 0 radical (unpaired) electrons. The average Bonchev–Trinajstić information content (AvgIpc) is 2.66. The maximum absolute atomic E-state index is 13.7. The van der Waals surface area contributed by atoms with Crippen molar-refractivity contribution in [1.29, 1.82) is 0 Å². The zero-order valence-electron chi connectivity index (χ0n) is 19.1. The third-order valence-corrected chi connectivity index (χ3v) is 9.45. The van der Waals surface area contributed by atoms with Crippen molar-refractivity contribution in [3.05, 3.63) is 76.3 Å². The van der Waals surface area contributed by atoms with Gasteiger partial charge in [-0.1, -0.05) is 49.2 Å². The largest absolute Gasteiger partial charge is 0.507 e. The number of aryl methyl sites for hydroxylation is 4. The van der Waals surface area contributed by atoms with Gasteiger partial charge in [0.15, 0.2) is 0 Å². The predicted octanol–water partition coefficient (Wildman–Crippen LogP) is 5.41. The minimum atomic E-state index is -4.16. The van der Waals surface area contributed by atoms with E-state index in [9.17, 15) is 21.9 Å². The molecule has 0 bridgehead atoms. The van der Waals surface area contributed by atoms with Crippen LogP contribution in [-0.4, -0.2) is 21.9 Å². The fraction of sp³-hybridized carbons (Fsp3) is 0.280. The number of phenols is 1. The molecule has 0 aromatic heterocycles. The van der Waals surface area contributed by atoms with Gasteiger partial charge in [-0.05, 0) is 74.6 Å². The second kappa shape index (κ2) is 8.37. The molecule has 0 saturated carbocycles. The van der Waals surface area contributed by atoms with Gasteiger partial charge in [-0.25, -0.2) is 16.8 Å². The molecule has 170 valence electrons. The van der Waals surface area contributed by atoms with Crippen molar-refractivity contribution in [3.8, 4) is 5.75 Å². The van der Waals surface area contributed by atoms with Gasteiger partial charge >= 0.3 is 0 Å². The third-order valence-electron chi connectivity index (χ3n) is 5.53. The molecule has 0 aliphatic rings. The average molecular weight is 473 g/mol. The van der Waals surface area contributed by atoms with Crippen LogP contribution in [-0.2, 0) is 19.7 Å².